The molecule has 8 heteroatoms. The minimum absolute atomic E-state index is 0.0122. The lowest BCUT2D eigenvalue weighted by molar-refractivity contribution is -0.137. The summed E-state index contributed by atoms with van der Waals surface area (Å²) in [5.41, 5.74) is -0.720. The van der Waals surface area contributed by atoms with E-state index in [0.717, 1.165) is 6.21 Å². The van der Waals surface area contributed by atoms with Gasteiger partial charge in [-0.2, -0.15) is 0 Å². The molecule has 0 aliphatic heterocycles. The molecule has 0 radical (unpaired) electrons. The lowest BCUT2D eigenvalue weighted by atomic mass is 10.3. The highest BCUT2D eigenvalue weighted by Gasteiger charge is 2.16. The highest BCUT2D eigenvalue weighted by molar-refractivity contribution is 6.28. The average Bonchev–Trinajstić information content (AvgIpc) is 2.21. The molecule has 86 valence electrons. The van der Waals surface area contributed by atoms with Crippen LogP contribution in [0.5, 0.6) is 0 Å². The van der Waals surface area contributed by atoms with E-state index in [1.165, 1.54) is 6.92 Å². The zero-order chi connectivity index (χ0) is 12.3. The molecule has 1 atom stereocenters. The molecule has 7 nitrogen and oxygen atoms in total. The van der Waals surface area contributed by atoms with Gasteiger partial charge in [-0.25, -0.2) is 4.98 Å². The van der Waals surface area contributed by atoms with Gasteiger partial charge in [0.15, 0.2) is 0 Å². The van der Waals surface area contributed by atoms with Crippen molar-refractivity contribution in [2.45, 2.75) is 13.0 Å². The number of hydrogen-bond acceptors (Lipinski definition) is 5. The van der Waals surface area contributed by atoms with Crippen LogP contribution < -0.4 is 10.9 Å². The Morgan fingerprint density at radius 3 is 2.88 bits per heavy atom. The van der Waals surface area contributed by atoms with Crippen molar-refractivity contribution < 1.29 is 9.90 Å². The first-order valence-electron chi connectivity index (χ1n) is 4.25. The van der Waals surface area contributed by atoms with E-state index in [1.807, 2.05) is 0 Å². The van der Waals surface area contributed by atoms with E-state index in [2.05, 4.69) is 15.3 Å². The van der Waals surface area contributed by atoms with Crippen molar-refractivity contribution in [3.63, 3.8) is 0 Å². The first-order valence-corrected chi connectivity index (χ1v) is 4.63. The van der Waals surface area contributed by atoms with Crippen molar-refractivity contribution in [3.8, 4) is 0 Å². The number of hydrogen-bond donors (Lipinski definition) is 4. The number of carboxylic acids is 1. The van der Waals surface area contributed by atoms with Gasteiger partial charge in [-0.05, 0) is 18.5 Å². The molecule has 0 saturated carbocycles. The number of rotatable bonds is 4. The Morgan fingerprint density at radius 1 is 1.75 bits per heavy atom. The van der Waals surface area contributed by atoms with Crippen LogP contribution in [0.2, 0.25) is 5.28 Å². The first kappa shape index (κ1) is 12.2. The molecule has 1 heterocycles. The van der Waals surface area contributed by atoms with Gasteiger partial charge in [-0.1, -0.05) is 0 Å². The summed E-state index contributed by atoms with van der Waals surface area (Å²) in [6.07, 6.45) is 0.817. The average molecular weight is 245 g/mol. The molecule has 0 amide bonds. The van der Waals surface area contributed by atoms with E-state index in [-0.39, 0.29) is 16.7 Å². The Kier molecular flexibility index (Phi) is 3.62. The number of carboxylic acid groups (broad SMARTS) is 1. The second-order valence-electron chi connectivity index (χ2n) is 2.97. The standard InChI is InChI=1S/C8H9ClN4O3/c1-3(7(15)16)11-5-4(2-10)12-8(9)13-6(5)14/h2-3,10-11H,1H3,(H,15,16)(H,12,13,14). The summed E-state index contributed by atoms with van der Waals surface area (Å²) in [7, 11) is 0. The minimum atomic E-state index is -1.12. The number of anilines is 1. The molecular formula is C8H9ClN4O3. The van der Waals surface area contributed by atoms with Crippen LogP contribution in [-0.2, 0) is 4.79 Å². The van der Waals surface area contributed by atoms with Gasteiger partial charge in [-0.15, -0.1) is 0 Å². The summed E-state index contributed by atoms with van der Waals surface area (Å²) < 4.78 is 0. The minimum Gasteiger partial charge on any atom is -0.480 e. The van der Waals surface area contributed by atoms with Crippen LogP contribution in [0.25, 0.3) is 0 Å². The zero-order valence-corrected chi connectivity index (χ0v) is 9.00. The first-order chi connectivity index (χ1) is 7.45. The molecule has 0 spiro atoms. The summed E-state index contributed by atoms with van der Waals surface area (Å²) >= 11 is 5.49. The molecule has 0 aliphatic carbocycles. The number of aliphatic carboxylic acids is 1. The summed E-state index contributed by atoms with van der Waals surface area (Å²) in [6.45, 7) is 1.37. The quantitative estimate of drug-likeness (QED) is 0.449. The fourth-order valence-corrected chi connectivity index (χ4v) is 1.16. The molecule has 0 fully saturated rings. The van der Waals surface area contributed by atoms with Crippen LogP contribution in [0.4, 0.5) is 5.69 Å². The number of halogens is 1. The topological polar surface area (TPSA) is 119 Å². The second kappa shape index (κ2) is 4.75. The summed E-state index contributed by atoms with van der Waals surface area (Å²) in [5, 5.41) is 18.0. The maximum Gasteiger partial charge on any atom is 0.325 e. The van der Waals surface area contributed by atoms with Crippen LogP contribution in [0, 0.1) is 5.41 Å². The Bertz CT molecular complexity index is 485. The van der Waals surface area contributed by atoms with Gasteiger partial charge in [0.05, 0.1) is 0 Å². The largest absolute Gasteiger partial charge is 0.480 e. The normalized spacial score (nSPS) is 11.9. The van der Waals surface area contributed by atoms with E-state index in [4.69, 9.17) is 22.1 Å². The summed E-state index contributed by atoms with van der Waals surface area (Å²) in [5.74, 6) is -1.12. The molecule has 1 aromatic rings. The summed E-state index contributed by atoms with van der Waals surface area (Å²) in [6, 6.07) is -0.970. The van der Waals surface area contributed by atoms with Crippen LogP contribution in [0.15, 0.2) is 4.79 Å². The van der Waals surface area contributed by atoms with Crippen LogP contribution in [0.3, 0.4) is 0 Å². The fourth-order valence-electron chi connectivity index (χ4n) is 0.984. The number of aromatic amines is 1. The van der Waals surface area contributed by atoms with Crippen LogP contribution >= 0.6 is 11.6 Å². The van der Waals surface area contributed by atoms with Crippen molar-refractivity contribution in [3.05, 3.63) is 21.3 Å². The second-order valence-corrected chi connectivity index (χ2v) is 3.32. The van der Waals surface area contributed by atoms with Crippen molar-refractivity contribution >= 4 is 29.5 Å². The Morgan fingerprint density at radius 2 is 2.38 bits per heavy atom. The van der Waals surface area contributed by atoms with E-state index in [9.17, 15) is 9.59 Å². The molecule has 1 rings (SSSR count). The lowest BCUT2D eigenvalue weighted by Gasteiger charge is -2.11. The molecule has 1 unspecified atom stereocenters. The van der Waals surface area contributed by atoms with E-state index in [0.29, 0.717) is 0 Å². The number of H-pyrrole nitrogens is 1. The third kappa shape index (κ3) is 2.57. The van der Waals surface area contributed by atoms with E-state index < -0.39 is 17.6 Å². The van der Waals surface area contributed by atoms with Gasteiger partial charge in [0.2, 0.25) is 5.28 Å². The van der Waals surface area contributed by atoms with Gasteiger partial charge >= 0.3 is 5.97 Å². The molecule has 0 bridgehead atoms. The van der Waals surface area contributed by atoms with Gasteiger partial charge in [-0.3, -0.25) is 14.6 Å². The predicted octanol–water partition coefficient (Wildman–Crippen LogP) is 0.306. The molecule has 4 N–H and O–H groups in total. The maximum absolute atomic E-state index is 11.4. The van der Waals surface area contributed by atoms with Gasteiger partial charge in [0.25, 0.3) is 5.56 Å². The van der Waals surface area contributed by atoms with E-state index in [1.54, 1.807) is 0 Å². The van der Waals surface area contributed by atoms with Gasteiger partial charge in [0.1, 0.15) is 17.4 Å². The predicted molar refractivity (Wildman–Crippen MR) is 58.5 cm³/mol. The molecule has 16 heavy (non-hydrogen) atoms. The number of nitrogens with zero attached hydrogens (tertiary/aromatic N) is 1. The third-order valence-electron chi connectivity index (χ3n) is 1.79. The Balaban J connectivity index is 3.17. The molecular weight excluding hydrogens is 236 g/mol. The highest BCUT2D eigenvalue weighted by Crippen LogP contribution is 2.08. The number of nitrogens with one attached hydrogen (secondary N) is 3. The highest BCUT2D eigenvalue weighted by atomic mass is 35.5. The molecule has 1 aromatic heterocycles. The Labute approximate surface area is 95.0 Å². The monoisotopic (exact) mass is 244 g/mol. The van der Waals surface area contributed by atoms with Crippen molar-refractivity contribution in [2.24, 2.45) is 0 Å². The molecule has 0 aromatic carbocycles. The Hall–Kier alpha value is -1.89. The van der Waals surface area contributed by atoms with Crippen molar-refractivity contribution in [1.82, 2.24) is 9.97 Å². The van der Waals surface area contributed by atoms with Gasteiger partial charge in [0, 0.05) is 6.21 Å². The number of carbonyl (C=O) groups is 1. The zero-order valence-electron chi connectivity index (χ0n) is 8.24. The molecule has 0 aliphatic rings. The number of aromatic nitrogens is 2. The smallest absolute Gasteiger partial charge is 0.325 e. The summed E-state index contributed by atoms with van der Waals surface area (Å²) in [4.78, 5) is 27.9. The molecule has 0 saturated heterocycles. The third-order valence-corrected chi connectivity index (χ3v) is 1.97. The van der Waals surface area contributed by atoms with Crippen LogP contribution in [-0.4, -0.2) is 33.3 Å². The van der Waals surface area contributed by atoms with Gasteiger partial charge < -0.3 is 15.8 Å². The van der Waals surface area contributed by atoms with E-state index >= 15 is 0 Å². The lowest BCUT2D eigenvalue weighted by Crippen LogP contribution is -2.30. The fraction of sp³-hybridized carbons (Fsp3) is 0.250. The SMILES string of the molecule is CC(Nc1c(C=N)nc(Cl)[nH]c1=O)C(=O)O. The maximum atomic E-state index is 11.4. The van der Waals surface area contributed by atoms with Crippen LogP contribution in [0.1, 0.15) is 12.6 Å². The van der Waals surface area contributed by atoms with Crippen molar-refractivity contribution in [1.29, 1.82) is 5.41 Å². The van der Waals surface area contributed by atoms with Crippen molar-refractivity contribution in [2.75, 3.05) is 5.32 Å².